The summed E-state index contributed by atoms with van der Waals surface area (Å²) >= 11 is 6.06. The summed E-state index contributed by atoms with van der Waals surface area (Å²) in [6.07, 6.45) is 1.32. The quantitative estimate of drug-likeness (QED) is 0.512. The van der Waals surface area contributed by atoms with Crippen LogP contribution in [0.1, 0.15) is 23.1 Å². The minimum atomic E-state index is 0.512. The van der Waals surface area contributed by atoms with Crippen LogP contribution in [0.4, 0.5) is 0 Å². The maximum atomic E-state index is 8.65. The van der Waals surface area contributed by atoms with E-state index >= 15 is 0 Å². The topological polar surface area (TPSA) is 33.0 Å². The first-order valence-corrected chi connectivity index (χ1v) is 8.97. The van der Waals surface area contributed by atoms with E-state index in [0.29, 0.717) is 13.0 Å². The average Bonchev–Trinajstić information content (AvgIpc) is 2.66. The predicted molar refractivity (Wildman–Crippen MR) is 106 cm³/mol. The third-order valence-corrected chi connectivity index (χ3v) is 4.52. The lowest BCUT2D eigenvalue weighted by atomic mass is 9.99. The lowest BCUT2D eigenvalue weighted by molar-refractivity contribution is 0.306. The standard InChI is InChI=1S/C23H20ClNO/c1-17-14-21(24)9-12-23(17)20-6-2-4-19(15-20)16-26-22-10-7-18(8-11-22)5-3-13-25/h2,4,6-12,14-15H,3,5,16H2,1H3. The van der Waals surface area contributed by atoms with Crippen LogP contribution in [0.5, 0.6) is 5.75 Å². The Morgan fingerprint density at radius 1 is 0.962 bits per heavy atom. The van der Waals surface area contributed by atoms with Crippen LogP contribution >= 0.6 is 11.6 Å². The van der Waals surface area contributed by atoms with E-state index in [1.54, 1.807) is 0 Å². The van der Waals surface area contributed by atoms with Gasteiger partial charge in [0.1, 0.15) is 12.4 Å². The van der Waals surface area contributed by atoms with Crippen LogP contribution in [0.25, 0.3) is 11.1 Å². The second-order valence-electron chi connectivity index (χ2n) is 6.25. The Hall–Kier alpha value is -2.76. The van der Waals surface area contributed by atoms with Crippen molar-refractivity contribution in [3.63, 3.8) is 0 Å². The van der Waals surface area contributed by atoms with Gasteiger partial charge in [0, 0.05) is 11.4 Å². The minimum Gasteiger partial charge on any atom is -0.489 e. The highest BCUT2D eigenvalue weighted by molar-refractivity contribution is 6.30. The normalized spacial score (nSPS) is 10.3. The van der Waals surface area contributed by atoms with Crippen molar-refractivity contribution in [2.75, 3.05) is 0 Å². The Labute approximate surface area is 159 Å². The summed E-state index contributed by atoms with van der Waals surface area (Å²) in [7, 11) is 0. The molecule has 26 heavy (non-hydrogen) atoms. The Bertz CT molecular complexity index is 926. The third kappa shape index (κ3) is 4.65. The van der Waals surface area contributed by atoms with E-state index in [0.717, 1.165) is 39.4 Å². The SMILES string of the molecule is Cc1cc(Cl)ccc1-c1cccc(COc2ccc(CCC#N)cc2)c1. The van der Waals surface area contributed by atoms with Crippen molar-refractivity contribution in [1.82, 2.24) is 0 Å². The summed E-state index contributed by atoms with van der Waals surface area (Å²) in [5.41, 5.74) is 5.76. The van der Waals surface area contributed by atoms with Gasteiger partial charge in [-0.05, 0) is 71.5 Å². The van der Waals surface area contributed by atoms with Gasteiger partial charge in [-0.2, -0.15) is 5.26 Å². The molecular formula is C23H20ClNO. The highest BCUT2D eigenvalue weighted by atomic mass is 35.5. The van der Waals surface area contributed by atoms with Crippen molar-refractivity contribution in [2.45, 2.75) is 26.4 Å². The maximum absolute atomic E-state index is 8.65. The molecule has 0 aromatic heterocycles. The molecule has 0 bridgehead atoms. The number of halogens is 1. The summed E-state index contributed by atoms with van der Waals surface area (Å²) in [5.74, 6) is 0.832. The molecule has 130 valence electrons. The van der Waals surface area contributed by atoms with Crippen LogP contribution in [-0.4, -0.2) is 0 Å². The fraction of sp³-hybridized carbons (Fsp3) is 0.174. The van der Waals surface area contributed by atoms with E-state index in [1.807, 2.05) is 42.5 Å². The number of aryl methyl sites for hydroxylation is 2. The number of ether oxygens (including phenoxy) is 1. The number of hydrogen-bond donors (Lipinski definition) is 0. The molecule has 0 radical (unpaired) electrons. The number of nitriles is 1. The Morgan fingerprint density at radius 2 is 1.77 bits per heavy atom. The van der Waals surface area contributed by atoms with Gasteiger partial charge in [0.05, 0.1) is 6.07 Å². The van der Waals surface area contributed by atoms with E-state index in [4.69, 9.17) is 21.6 Å². The van der Waals surface area contributed by atoms with Gasteiger partial charge in [-0.1, -0.05) is 48.0 Å². The van der Waals surface area contributed by atoms with Crippen molar-refractivity contribution >= 4 is 11.6 Å². The highest BCUT2D eigenvalue weighted by Crippen LogP contribution is 2.27. The molecule has 3 aromatic carbocycles. The molecule has 2 nitrogen and oxygen atoms in total. The number of nitrogens with zero attached hydrogens (tertiary/aromatic N) is 1. The first-order chi connectivity index (χ1) is 12.7. The van der Waals surface area contributed by atoms with Crippen molar-refractivity contribution < 1.29 is 4.74 Å². The molecular weight excluding hydrogens is 342 g/mol. The molecule has 3 aromatic rings. The van der Waals surface area contributed by atoms with Crippen LogP contribution < -0.4 is 4.74 Å². The Kier molecular flexibility index (Phi) is 5.94. The first kappa shape index (κ1) is 18.0. The molecule has 0 saturated carbocycles. The summed E-state index contributed by atoms with van der Waals surface area (Å²) in [6, 6.07) is 24.4. The van der Waals surface area contributed by atoms with Gasteiger partial charge in [0.25, 0.3) is 0 Å². The molecule has 0 saturated heterocycles. The molecule has 0 spiro atoms. The van der Waals surface area contributed by atoms with Crippen LogP contribution in [0.15, 0.2) is 66.7 Å². The molecule has 0 unspecified atom stereocenters. The summed E-state index contributed by atoms with van der Waals surface area (Å²) in [4.78, 5) is 0. The number of rotatable bonds is 6. The van der Waals surface area contributed by atoms with Gasteiger partial charge in [0.2, 0.25) is 0 Å². The van der Waals surface area contributed by atoms with Crippen LogP contribution in [-0.2, 0) is 13.0 Å². The van der Waals surface area contributed by atoms with Crippen LogP contribution in [0.2, 0.25) is 5.02 Å². The zero-order valence-corrected chi connectivity index (χ0v) is 15.5. The predicted octanol–water partition coefficient (Wildman–Crippen LogP) is 6.35. The zero-order valence-electron chi connectivity index (χ0n) is 14.7. The minimum absolute atomic E-state index is 0.512. The van der Waals surface area contributed by atoms with E-state index < -0.39 is 0 Å². The van der Waals surface area contributed by atoms with Gasteiger partial charge in [0.15, 0.2) is 0 Å². The van der Waals surface area contributed by atoms with E-state index in [1.165, 1.54) is 5.56 Å². The van der Waals surface area contributed by atoms with Crippen LogP contribution in [0, 0.1) is 18.3 Å². The summed E-state index contributed by atoms with van der Waals surface area (Å²) in [6.45, 7) is 2.58. The molecule has 0 heterocycles. The maximum Gasteiger partial charge on any atom is 0.119 e. The van der Waals surface area contributed by atoms with E-state index in [-0.39, 0.29) is 0 Å². The molecule has 3 heteroatoms. The summed E-state index contributed by atoms with van der Waals surface area (Å²) < 4.78 is 5.91. The van der Waals surface area contributed by atoms with Crippen molar-refractivity contribution in [3.05, 3.63) is 88.4 Å². The van der Waals surface area contributed by atoms with Gasteiger partial charge in [-0.3, -0.25) is 0 Å². The Morgan fingerprint density at radius 3 is 2.50 bits per heavy atom. The fourth-order valence-corrected chi connectivity index (χ4v) is 3.13. The number of benzene rings is 3. The highest BCUT2D eigenvalue weighted by Gasteiger charge is 2.04. The molecule has 0 amide bonds. The molecule has 0 N–H and O–H groups in total. The van der Waals surface area contributed by atoms with Gasteiger partial charge >= 0.3 is 0 Å². The van der Waals surface area contributed by atoms with E-state index in [2.05, 4.69) is 37.3 Å². The lowest BCUT2D eigenvalue weighted by Crippen LogP contribution is -1.96. The van der Waals surface area contributed by atoms with Crippen molar-refractivity contribution in [2.24, 2.45) is 0 Å². The molecule has 0 aliphatic rings. The lowest BCUT2D eigenvalue weighted by Gasteiger charge is -2.10. The largest absolute Gasteiger partial charge is 0.489 e. The smallest absolute Gasteiger partial charge is 0.119 e. The summed E-state index contributed by atoms with van der Waals surface area (Å²) in [5, 5.41) is 9.40. The first-order valence-electron chi connectivity index (χ1n) is 8.60. The van der Waals surface area contributed by atoms with E-state index in [9.17, 15) is 0 Å². The average molecular weight is 362 g/mol. The van der Waals surface area contributed by atoms with Gasteiger partial charge in [-0.15, -0.1) is 0 Å². The number of hydrogen-bond acceptors (Lipinski definition) is 2. The third-order valence-electron chi connectivity index (χ3n) is 4.28. The molecule has 0 aliphatic heterocycles. The zero-order chi connectivity index (χ0) is 18.4. The van der Waals surface area contributed by atoms with Crippen molar-refractivity contribution in [3.8, 4) is 22.9 Å². The second kappa shape index (κ2) is 8.56. The van der Waals surface area contributed by atoms with Gasteiger partial charge in [-0.25, -0.2) is 0 Å². The van der Waals surface area contributed by atoms with Gasteiger partial charge < -0.3 is 4.74 Å². The molecule has 3 rings (SSSR count). The van der Waals surface area contributed by atoms with Crippen molar-refractivity contribution in [1.29, 1.82) is 5.26 Å². The molecule has 0 aliphatic carbocycles. The molecule has 0 atom stereocenters. The Balaban J connectivity index is 1.68. The fourth-order valence-electron chi connectivity index (χ4n) is 2.90. The molecule has 0 fully saturated rings. The second-order valence-corrected chi connectivity index (χ2v) is 6.69. The monoisotopic (exact) mass is 361 g/mol. The van der Waals surface area contributed by atoms with Crippen LogP contribution in [0.3, 0.4) is 0 Å².